The summed E-state index contributed by atoms with van der Waals surface area (Å²) in [7, 11) is 0. The lowest BCUT2D eigenvalue weighted by molar-refractivity contribution is 0.545. The number of rotatable bonds is 7. The van der Waals surface area contributed by atoms with Gasteiger partial charge in [-0.2, -0.15) is 5.10 Å². The normalized spacial score (nSPS) is 12.6. The molecule has 0 bridgehead atoms. The van der Waals surface area contributed by atoms with Gasteiger partial charge in [0, 0.05) is 23.9 Å². The first kappa shape index (κ1) is 14.7. The highest BCUT2D eigenvalue weighted by Crippen LogP contribution is 2.24. The van der Waals surface area contributed by atoms with E-state index in [9.17, 15) is 4.39 Å². The van der Waals surface area contributed by atoms with Crippen molar-refractivity contribution in [3.63, 3.8) is 0 Å². The molecule has 0 saturated heterocycles. The van der Waals surface area contributed by atoms with Gasteiger partial charge in [0.15, 0.2) is 0 Å². The summed E-state index contributed by atoms with van der Waals surface area (Å²) in [5.74, 6) is -0.177. The summed E-state index contributed by atoms with van der Waals surface area (Å²) in [6.07, 6.45) is 5.88. The van der Waals surface area contributed by atoms with Gasteiger partial charge in [-0.05, 0) is 25.5 Å². The van der Waals surface area contributed by atoms with Crippen LogP contribution in [0.3, 0.4) is 0 Å². The second-order valence-electron chi connectivity index (χ2n) is 4.95. The molecule has 0 spiro atoms. The maximum Gasteiger partial charge on any atom is 0.128 e. The molecule has 2 rings (SSSR count). The Balaban J connectivity index is 2.29. The number of nitrogens with zero attached hydrogens (tertiary/aromatic N) is 2. The monoisotopic (exact) mass is 275 g/mol. The Morgan fingerprint density at radius 1 is 1.25 bits per heavy atom. The maximum absolute atomic E-state index is 14.0. The van der Waals surface area contributed by atoms with Crippen LogP contribution in [0.4, 0.5) is 4.39 Å². The Morgan fingerprint density at radius 3 is 2.75 bits per heavy atom. The van der Waals surface area contributed by atoms with Gasteiger partial charge in [0.05, 0.1) is 12.2 Å². The lowest BCUT2D eigenvalue weighted by atomic mass is 10.0. The summed E-state index contributed by atoms with van der Waals surface area (Å²) in [6.45, 7) is 5.95. The zero-order valence-electron chi connectivity index (χ0n) is 12.1. The van der Waals surface area contributed by atoms with E-state index in [-0.39, 0.29) is 11.9 Å². The summed E-state index contributed by atoms with van der Waals surface area (Å²) in [4.78, 5) is 0. The van der Waals surface area contributed by atoms with Gasteiger partial charge in [-0.3, -0.25) is 4.68 Å². The highest BCUT2D eigenvalue weighted by molar-refractivity contribution is 5.30. The molecule has 3 nitrogen and oxygen atoms in total. The van der Waals surface area contributed by atoms with Crippen molar-refractivity contribution in [1.82, 2.24) is 15.1 Å². The van der Waals surface area contributed by atoms with Gasteiger partial charge in [0.2, 0.25) is 0 Å². The largest absolute Gasteiger partial charge is 0.306 e. The molecule has 1 aromatic heterocycles. The number of halogens is 1. The second kappa shape index (κ2) is 7.20. The SMILES string of the molecule is CCCNC(c1cnn(CCC)c1)c1ccccc1F. The summed E-state index contributed by atoms with van der Waals surface area (Å²) in [6, 6.07) is 6.79. The first-order valence-electron chi connectivity index (χ1n) is 7.26. The van der Waals surface area contributed by atoms with Gasteiger partial charge in [0.25, 0.3) is 0 Å². The Bertz CT molecular complexity index is 536. The molecule has 0 radical (unpaired) electrons. The fourth-order valence-electron chi connectivity index (χ4n) is 2.29. The Hall–Kier alpha value is -1.68. The number of aromatic nitrogens is 2. The zero-order valence-corrected chi connectivity index (χ0v) is 12.1. The average molecular weight is 275 g/mol. The predicted octanol–water partition coefficient (Wildman–Crippen LogP) is 3.52. The number of aryl methyl sites for hydroxylation is 1. The van der Waals surface area contributed by atoms with Crippen LogP contribution in [0.2, 0.25) is 0 Å². The van der Waals surface area contributed by atoms with E-state index in [2.05, 4.69) is 24.3 Å². The second-order valence-corrected chi connectivity index (χ2v) is 4.95. The maximum atomic E-state index is 14.0. The molecule has 2 aromatic rings. The van der Waals surface area contributed by atoms with Crippen molar-refractivity contribution in [2.45, 2.75) is 39.3 Å². The molecule has 108 valence electrons. The van der Waals surface area contributed by atoms with Crippen LogP contribution in [-0.4, -0.2) is 16.3 Å². The first-order valence-corrected chi connectivity index (χ1v) is 7.26. The van der Waals surface area contributed by atoms with Crippen LogP contribution >= 0.6 is 0 Å². The van der Waals surface area contributed by atoms with Crippen LogP contribution in [0.25, 0.3) is 0 Å². The van der Waals surface area contributed by atoms with Crippen LogP contribution in [-0.2, 0) is 6.54 Å². The van der Waals surface area contributed by atoms with E-state index < -0.39 is 0 Å². The van der Waals surface area contributed by atoms with Gasteiger partial charge in [0.1, 0.15) is 5.82 Å². The minimum atomic E-state index is -0.177. The summed E-state index contributed by atoms with van der Waals surface area (Å²) in [5.41, 5.74) is 1.69. The van der Waals surface area contributed by atoms with Crippen molar-refractivity contribution in [3.05, 3.63) is 53.6 Å². The Morgan fingerprint density at radius 2 is 2.05 bits per heavy atom. The topological polar surface area (TPSA) is 29.9 Å². The van der Waals surface area contributed by atoms with Crippen LogP contribution < -0.4 is 5.32 Å². The highest BCUT2D eigenvalue weighted by Gasteiger charge is 2.18. The van der Waals surface area contributed by atoms with E-state index in [1.165, 1.54) is 6.07 Å². The van der Waals surface area contributed by atoms with Crippen molar-refractivity contribution in [2.24, 2.45) is 0 Å². The van der Waals surface area contributed by atoms with Crippen molar-refractivity contribution < 1.29 is 4.39 Å². The third-order valence-electron chi connectivity index (χ3n) is 3.25. The molecule has 1 unspecified atom stereocenters. The molecule has 1 heterocycles. The summed E-state index contributed by atoms with van der Waals surface area (Å²) >= 11 is 0. The molecular weight excluding hydrogens is 253 g/mol. The quantitative estimate of drug-likeness (QED) is 0.838. The Kier molecular flexibility index (Phi) is 5.30. The van der Waals surface area contributed by atoms with Gasteiger partial charge >= 0.3 is 0 Å². The smallest absolute Gasteiger partial charge is 0.128 e. The number of benzene rings is 1. The third-order valence-corrected chi connectivity index (χ3v) is 3.25. The van der Waals surface area contributed by atoms with Crippen LogP contribution in [0, 0.1) is 5.82 Å². The molecule has 0 aliphatic heterocycles. The molecule has 0 aliphatic carbocycles. The van der Waals surface area contributed by atoms with Gasteiger partial charge in [-0.1, -0.05) is 32.0 Å². The lowest BCUT2D eigenvalue weighted by Crippen LogP contribution is -2.23. The average Bonchev–Trinajstić information content (AvgIpc) is 2.90. The van der Waals surface area contributed by atoms with Gasteiger partial charge in [-0.15, -0.1) is 0 Å². The molecule has 1 N–H and O–H groups in total. The molecule has 0 saturated carbocycles. The Labute approximate surface area is 119 Å². The molecule has 4 heteroatoms. The zero-order chi connectivity index (χ0) is 14.4. The van der Waals surface area contributed by atoms with Gasteiger partial charge < -0.3 is 5.32 Å². The number of hydrogen-bond acceptors (Lipinski definition) is 2. The number of nitrogens with one attached hydrogen (secondary N) is 1. The van der Waals surface area contributed by atoms with E-state index >= 15 is 0 Å². The van der Waals surface area contributed by atoms with Crippen molar-refractivity contribution in [1.29, 1.82) is 0 Å². The highest BCUT2D eigenvalue weighted by atomic mass is 19.1. The molecule has 20 heavy (non-hydrogen) atoms. The standard InChI is InChI=1S/C16H22FN3/c1-3-9-18-16(14-7-5-6-8-15(14)17)13-11-19-20(12-13)10-4-2/h5-8,11-12,16,18H,3-4,9-10H2,1-2H3. The molecule has 1 atom stereocenters. The lowest BCUT2D eigenvalue weighted by Gasteiger charge is -2.18. The van der Waals surface area contributed by atoms with E-state index in [0.29, 0.717) is 5.56 Å². The minimum Gasteiger partial charge on any atom is -0.306 e. The van der Waals surface area contributed by atoms with E-state index in [0.717, 1.165) is 31.5 Å². The van der Waals surface area contributed by atoms with E-state index in [4.69, 9.17) is 0 Å². The van der Waals surface area contributed by atoms with Crippen LogP contribution in [0.15, 0.2) is 36.7 Å². The molecular formula is C16H22FN3. The van der Waals surface area contributed by atoms with Crippen molar-refractivity contribution in [2.75, 3.05) is 6.54 Å². The van der Waals surface area contributed by atoms with Crippen molar-refractivity contribution in [3.8, 4) is 0 Å². The van der Waals surface area contributed by atoms with Crippen LogP contribution in [0.5, 0.6) is 0 Å². The van der Waals surface area contributed by atoms with Crippen molar-refractivity contribution >= 4 is 0 Å². The number of hydrogen-bond donors (Lipinski definition) is 1. The van der Waals surface area contributed by atoms with Crippen LogP contribution in [0.1, 0.15) is 43.9 Å². The predicted molar refractivity (Wildman–Crippen MR) is 79.1 cm³/mol. The molecule has 0 fully saturated rings. The summed E-state index contributed by atoms with van der Waals surface area (Å²) in [5, 5.41) is 7.75. The van der Waals surface area contributed by atoms with E-state index in [1.54, 1.807) is 6.07 Å². The fourth-order valence-corrected chi connectivity index (χ4v) is 2.29. The minimum absolute atomic E-state index is 0.137. The molecule has 0 amide bonds. The third kappa shape index (κ3) is 3.45. The van der Waals surface area contributed by atoms with Gasteiger partial charge in [-0.25, -0.2) is 4.39 Å². The molecule has 0 aliphatic rings. The summed E-state index contributed by atoms with van der Waals surface area (Å²) < 4.78 is 16.0. The molecule has 1 aromatic carbocycles. The fraction of sp³-hybridized carbons (Fsp3) is 0.438. The van der Waals surface area contributed by atoms with E-state index in [1.807, 2.05) is 29.2 Å². The first-order chi connectivity index (χ1) is 9.76.